The average Bonchev–Trinajstić information content (AvgIpc) is 2.93. The van der Waals surface area contributed by atoms with Crippen LogP contribution in [0.1, 0.15) is 33.7 Å². The smallest absolute Gasteiger partial charge is 0.294 e. The second-order valence-electron chi connectivity index (χ2n) is 6.36. The van der Waals surface area contributed by atoms with Crippen LogP contribution in [0.3, 0.4) is 0 Å². The fourth-order valence-corrected chi connectivity index (χ4v) is 2.98. The standard InChI is InChI=1S/C16H22N6O2/c1-7-8-20-14(23)12-13(19(6)16(20)24)17-15-21(12)11(5)10(4)18-22(15)9(2)3/h7,9,11H,1,8H2,2-6H3/t11-/m1/s1. The fraction of sp³-hybridized carbons (Fsp3) is 0.500. The molecule has 2 aromatic rings. The van der Waals surface area contributed by atoms with Gasteiger partial charge in [-0.15, -0.1) is 6.58 Å². The van der Waals surface area contributed by atoms with Crippen LogP contribution in [0, 0.1) is 0 Å². The van der Waals surface area contributed by atoms with Crippen molar-refractivity contribution >= 4 is 22.8 Å². The summed E-state index contributed by atoms with van der Waals surface area (Å²) >= 11 is 0. The molecule has 0 N–H and O–H groups in total. The van der Waals surface area contributed by atoms with Gasteiger partial charge in [-0.05, 0) is 27.7 Å². The Labute approximate surface area is 139 Å². The normalized spacial score (nSPS) is 17.3. The molecular formula is C16H22N6O2. The first kappa shape index (κ1) is 16.2. The monoisotopic (exact) mass is 330 g/mol. The SMILES string of the molecule is C=CCn1c(=O)c2c(nc3n2[C@H](C)C(C)=NN3C(C)C)n(C)c1=O. The average molecular weight is 330 g/mol. The molecule has 0 spiro atoms. The third-order valence-electron chi connectivity index (χ3n) is 4.42. The molecule has 128 valence electrons. The van der Waals surface area contributed by atoms with Crippen molar-refractivity contribution in [3.63, 3.8) is 0 Å². The molecule has 0 saturated carbocycles. The van der Waals surface area contributed by atoms with Gasteiger partial charge in [-0.3, -0.25) is 18.5 Å². The van der Waals surface area contributed by atoms with E-state index in [4.69, 9.17) is 0 Å². The quantitative estimate of drug-likeness (QED) is 0.794. The topological polar surface area (TPSA) is 77.4 Å². The molecular weight excluding hydrogens is 308 g/mol. The Balaban J connectivity index is 2.47. The summed E-state index contributed by atoms with van der Waals surface area (Å²) < 4.78 is 4.46. The van der Waals surface area contributed by atoms with E-state index in [0.717, 1.165) is 5.71 Å². The first-order chi connectivity index (χ1) is 11.3. The number of nitrogens with zero attached hydrogens (tertiary/aromatic N) is 6. The number of imidazole rings is 1. The van der Waals surface area contributed by atoms with Crippen LogP contribution >= 0.6 is 0 Å². The molecule has 3 heterocycles. The van der Waals surface area contributed by atoms with Crippen LogP contribution in [0.2, 0.25) is 0 Å². The first-order valence-electron chi connectivity index (χ1n) is 7.96. The van der Waals surface area contributed by atoms with E-state index < -0.39 is 5.69 Å². The van der Waals surface area contributed by atoms with Crippen LogP contribution in [-0.4, -0.2) is 30.4 Å². The number of anilines is 1. The molecule has 8 heteroatoms. The highest BCUT2D eigenvalue weighted by molar-refractivity contribution is 5.91. The van der Waals surface area contributed by atoms with Gasteiger partial charge in [0.15, 0.2) is 11.2 Å². The number of hydrogen-bond donors (Lipinski definition) is 0. The highest BCUT2D eigenvalue weighted by atomic mass is 16.2. The summed E-state index contributed by atoms with van der Waals surface area (Å²) in [6.07, 6.45) is 1.54. The van der Waals surface area contributed by atoms with E-state index >= 15 is 0 Å². The van der Waals surface area contributed by atoms with E-state index in [1.165, 1.54) is 9.13 Å². The predicted octanol–water partition coefficient (Wildman–Crippen LogP) is 1.25. The maximum Gasteiger partial charge on any atom is 0.332 e. The van der Waals surface area contributed by atoms with E-state index in [-0.39, 0.29) is 24.2 Å². The number of aryl methyl sites for hydroxylation is 1. The van der Waals surface area contributed by atoms with Crippen LogP contribution in [0.5, 0.6) is 0 Å². The first-order valence-corrected chi connectivity index (χ1v) is 7.96. The second-order valence-corrected chi connectivity index (χ2v) is 6.36. The lowest BCUT2D eigenvalue weighted by Crippen LogP contribution is -2.40. The lowest BCUT2D eigenvalue weighted by atomic mass is 10.2. The molecule has 0 saturated heterocycles. The molecule has 0 aliphatic carbocycles. The molecule has 24 heavy (non-hydrogen) atoms. The summed E-state index contributed by atoms with van der Waals surface area (Å²) in [6.45, 7) is 11.7. The molecule has 2 aromatic heterocycles. The second kappa shape index (κ2) is 5.47. The summed E-state index contributed by atoms with van der Waals surface area (Å²) in [4.78, 5) is 30.0. The number of allylic oxidation sites excluding steroid dienone is 1. The van der Waals surface area contributed by atoms with E-state index in [9.17, 15) is 9.59 Å². The molecule has 0 fully saturated rings. The van der Waals surface area contributed by atoms with Gasteiger partial charge in [0, 0.05) is 13.6 Å². The Morgan fingerprint density at radius 2 is 2.00 bits per heavy atom. The molecule has 3 rings (SSSR count). The molecule has 1 aliphatic heterocycles. The maximum absolute atomic E-state index is 12.9. The molecule has 8 nitrogen and oxygen atoms in total. The molecule has 0 bridgehead atoms. The van der Waals surface area contributed by atoms with Crippen molar-refractivity contribution in [3.05, 3.63) is 33.5 Å². The minimum atomic E-state index is -0.399. The van der Waals surface area contributed by atoms with Crippen LogP contribution in [0.4, 0.5) is 5.95 Å². The van der Waals surface area contributed by atoms with Crippen LogP contribution in [-0.2, 0) is 13.6 Å². The summed E-state index contributed by atoms with van der Waals surface area (Å²) in [6, 6.07) is -0.0298. The lowest BCUT2D eigenvalue weighted by molar-refractivity contribution is 0.596. The minimum Gasteiger partial charge on any atom is -0.294 e. The van der Waals surface area contributed by atoms with Crippen LogP contribution in [0.15, 0.2) is 27.3 Å². The van der Waals surface area contributed by atoms with E-state index in [1.54, 1.807) is 18.1 Å². The van der Waals surface area contributed by atoms with Gasteiger partial charge in [-0.1, -0.05) is 6.08 Å². The van der Waals surface area contributed by atoms with Gasteiger partial charge in [0.05, 0.1) is 17.8 Å². The van der Waals surface area contributed by atoms with Crippen molar-refractivity contribution in [2.45, 2.75) is 46.3 Å². The van der Waals surface area contributed by atoms with Gasteiger partial charge in [0.25, 0.3) is 5.56 Å². The molecule has 1 aliphatic rings. The summed E-state index contributed by atoms with van der Waals surface area (Å²) in [7, 11) is 1.63. The number of rotatable bonds is 3. The van der Waals surface area contributed by atoms with E-state index in [0.29, 0.717) is 17.1 Å². The Morgan fingerprint density at radius 3 is 2.58 bits per heavy atom. The van der Waals surface area contributed by atoms with Gasteiger partial charge in [-0.2, -0.15) is 10.1 Å². The molecule has 0 unspecified atom stereocenters. The third kappa shape index (κ3) is 2.05. The maximum atomic E-state index is 12.9. The van der Waals surface area contributed by atoms with Gasteiger partial charge in [-0.25, -0.2) is 9.80 Å². The minimum absolute atomic E-state index is 0.0791. The van der Waals surface area contributed by atoms with Crippen molar-refractivity contribution < 1.29 is 0 Å². The highest BCUT2D eigenvalue weighted by Gasteiger charge is 2.31. The number of hydrazone groups is 1. The summed E-state index contributed by atoms with van der Waals surface area (Å²) in [5.74, 6) is 0.585. The Morgan fingerprint density at radius 1 is 1.33 bits per heavy atom. The van der Waals surface area contributed by atoms with Gasteiger partial charge < -0.3 is 0 Å². The van der Waals surface area contributed by atoms with Gasteiger partial charge >= 0.3 is 5.69 Å². The third-order valence-corrected chi connectivity index (χ3v) is 4.42. The van der Waals surface area contributed by atoms with E-state index in [1.807, 2.05) is 32.3 Å². The lowest BCUT2D eigenvalue weighted by Gasteiger charge is -2.31. The van der Waals surface area contributed by atoms with E-state index in [2.05, 4.69) is 16.7 Å². The number of fused-ring (bicyclic) bond motifs is 3. The fourth-order valence-electron chi connectivity index (χ4n) is 2.98. The Bertz CT molecular complexity index is 975. The Hall–Kier alpha value is -2.64. The number of aromatic nitrogens is 4. The van der Waals surface area contributed by atoms with Crippen molar-refractivity contribution in [3.8, 4) is 0 Å². The predicted molar refractivity (Wildman–Crippen MR) is 94.9 cm³/mol. The zero-order valence-electron chi connectivity index (χ0n) is 14.6. The van der Waals surface area contributed by atoms with Crippen molar-refractivity contribution in [2.75, 3.05) is 5.01 Å². The summed E-state index contributed by atoms with van der Waals surface area (Å²) in [5, 5.41) is 6.38. The molecule has 0 radical (unpaired) electrons. The zero-order chi connectivity index (χ0) is 17.8. The van der Waals surface area contributed by atoms with Gasteiger partial charge in [0.2, 0.25) is 5.95 Å². The van der Waals surface area contributed by atoms with Crippen molar-refractivity contribution in [1.82, 2.24) is 18.7 Å². The van der Waals surface area contributed by atoms with Crippen LogP contribution < -0.4 is 16.3 Å². The molecule has 1 atom stereocenters. The van der Waals surface area contributed by atoms with Crippen molar-refractivity contribution in [2.24, 2.45) is 12.1 Å². The summed E-state index contributed by atoms with van der Waals surface area (Å²) in [5.41, 5.74) is 0.935. The van der Waals surface area contributed by atoms with Crippen molar-refractivity contribution in [1.29, 1.82) is 0 Å². The van der Waals surface area contributed by atoms with Crippen LogP contribution in [0.25, 0.3) is 11.2 Å². The highest BCUT2D eigenvalue weighted by Crippen LogP contribution is 2.30. The Kier molecular flexibility index (Phi) is 3.70. The number of hydrogen-bond acceptors (Lipinski definition) is 5. The largest absolute Gasteiger partial charge is 0.332 e. The van der Waals surface area contributed by atoms with Gasteiger partial charge in [0.1, 0.15) is 0 Å². The zero-order valence-corrected chi connectivity index (χ0v) is 14.6. The molecule has 0 aromatic carbocycles. The molecule has 0 amide bonds.